The number of ether oxygens (including phenoxy) is 3. The minimum absolute atomic E-state index is 0.00765. The Morgan fingerprint density at radius 2 is 1.54 bits per heavy atom. The fraction of sp³-hybridized carbons (Fsp3) is 0.154. The molecule has 9 heteroatoms. The molecule has 0 spiro atoms. The van der Waals surface area contributed by atoms with Gasteiger partial charge in [0, 0.05) is 12.1 Å². The first-order valence-electron chi connectivity index (χ1n) is 10.5. The second kappa shape index (κ2) is 9.30. The number of nitro groups is 1. The maximum atomic E-state index is 13.2. The topological polar surface area (TPSA) is 118 Å². The number of non-ortho nitro benzene ring substituents is 1. The molecule has 4 aromatic rings. The van der Waals surface area contributed by atoms with Crippen molar-refractivity contribution in [3.8, 4) is 28.4 Å². The van der Waals surface area contributed by atoms with E-state index in [2.05, 4.69) is 0 Å². The van der Waals surface area contributed by atoms with Gasteiger partial charge in [-0.25, -0.2) is 4.79 Å². The van der Waals surface area contributed by atoms with Crippen LogP contribution in [-0.4, -0.2) is 25.1 Å². The summed E-state index contributed by atoms with van der Waals surface area (Å²) in [7, 11) is 3.02. The normalized spacial score (nSPS) is 10.7. The van der Waals surface area contributed by atoms with Crippen LogP contribution in [0, 0.1) is 24.0 Å². The number of benzene rings is 2. The third-order valence-electron chi connectivity index (χ3n) is 5.54. The summed E-state index contributed by atoms with van der Waals surface area (Å²) in [5, 5.41) is 11.7. The Hall–Kier alpha value is -4.66. The van der Waals surface area contributed by atoms with Crippen molar-refractivity contribution in [1.82, 2.24) is 0 Å². The predicted molar refractivity (Wildman–Crippen MR) is 129 cm³/mol. The molecule has 0 aliphatic heterocycles. The quantitative estimate of drug-likeness (QED) is 0.212. The zero-order valence-corrected chi connectivity index (χ0v) is 19.4. The molecular formula is C26H21NO8. The number of carbonyl (C=O) groups excluding carboxylic acids is 1. The summed E-state index contributed by atoms with van der Waals surface area (Å²) in [6, 6.07) is 13.4. The molecule has 0 radical (unpaired) electrons. The van der Waals surface area contributed by atoms with Gasteiger partial charge in [-0.2, -0.15) is 0 Å². The van der Waals surface area contributed by atoms with E-state index < -0.39 is 10.9 Å². The van der Waals surface area contributed by atoms with Crippen molar-refractivity contribution in [1.29, 1.82) is 0 Å². The van der Waals surface area contributed by atoms with Crippen molar-refractivity contribution in [3.63, 3.8) is 0 Å². The van der Waals surface area contributed by atoms with Crippen molar-refractivity contribution in [2.75, 3.05) is 14.2 Å². The van der Waals surface area contributed by atoms with Gasteiger partial charge in [0.15, 0.2) is 16.9 Å². The summed E-state index contributed by atoms with van der Waals surface area (Å²) < 4.78 is 22.0. The molecule has 1 heterocycles. The average Bonchev–Trinajstić information content (AvgIpc) is 3.06. The van der Waals surface area contributed by atoms with Crippen LogP contribution in [0.5, 0.6) is 17.2 Å². The molecule has 0 amide bonds. The Labute approximate surface area is 199 Å². The van der Waals surface area contributed by atoms with E-state index in [0.717, 1.165) is 6.07 Å². The van der Waals surface area contributed by atoms with Crippen LogP contribution in [0.2, 0.25) is 0 Å². The molecule has 0 aliphatic carbocycles. The number of methoxy groups -OCH3 is 2. The highest BCUT2D eigenvalue weighted by atomic mass is 16.6. The molecule has 0 atom stereocenters. The van der Waals surface area contributed by atoms with Crippen LogP contribution < -0.4 is 19.6 Å². The Bertz CT molecular complexity index is 1540. The second-order valence-electron chi connectivity index (χ2n) is 7.70. The van der Waals surface area contributed by atoms with Gasteiger partial charge in [0.1, 0.15) is 17.3 Å². The lowest BCUT2D eigenvalue weighted by Gasteiger charge is -2.10. The lowest BCUT2D eigenvalue weighted by atomic mass is 10.1. The van der Waals surface area contributed by atoms with E-state index in [0.29, 0.717) is 39.5 Å². The fourth-order valence-electron chi connectivity index (χ4n) is 3.91. The van der Waals surface area contributed by atoms with Gasteiger partial charge < -0.3 is 18.6 Å². The van der Waals surface area contributed by atoms with Crippen LogP contribution in [0.1, 0.15) is 21.9 Å². The van der Waals surface area contributed by atoms with E-state index in [1.807, 2.05) is 0 Å². The number of esters is 1. The van der Waals surface area contributed by atoms with Crippen LogP contribution in [0.4, 0.5) is 5.69 Å². The molecule has 9 nitrogen and oxygen atoms in total. The van der Waals surface area contributed by atoms with E-state index in [1.54, 1.807) is 38.1 Å². The Morgan fingerprint density at radius 3 is 2.23 bits per heavy atom. The highest BCUT2D eigenvalue weighted by Crippen LogP contribution is 2.36. The molecule has 0 fully saturated rings. The average molecular weight is 475 g/mol. The summed E-state index contributed by atoms with van der Waals surface area (Å²) in [6.07, 6.45) is 0. The number of nitrogens with zero attached hydrogens (tertiary/aromatic N) is 1. The van der Waals surface area contributed by atoms with Gasteiger partial charge >= 0.3 is 5.97 Å². The Balaban J connectivity index is 1.92. The summed E-state index contributed by atoms with van der Waals surface area (Å²) >= 11 is 0. The molecule has 0 bridgehead atoms. The van der Waals surface area contributed by atoms with E-state index in [9.17, 15) is 19.7 Å². The number of rotatable bonds is 6. The second-order valence-corrected chi connectivity index (χ2v) is 7.70. The summed E-state index contributed by atoms with van der Waals surface area (Å²) in [4.78, 5) is 36.7. The van der Waals surface area contributed by atoms with Crippen LogP contribution in [0.15, 0.2) is 63.8 Å². The van der Waals surface area contributed by atoms with Gasteiger partial charge in [0.25, 0.3) is 5.69 Å². The van der Waals surface area contributed by atoms with Gasteiger partial charge in [0.2, 0.25) is 0 Å². The maximum Gasteiger partial charge on any atom is 0.343 e. The van der Waals surface area contributed by atoms with Gasteiger partial charge in [-0.15, -0.1) is 0 Å². The molecule has 4 rings (SSSR count). The summed E-state index contributed by atoms with van der Waals surface area (Å²) in [6.45, 7) is 3.31. The molecule has 0 N–H and O–H groups in total. The molecule has 0 saturated heterocycles. The lowest BCUT2D eigenvalue weighted by Crippen LogP contribution is -2.09. The third-order valence-corrected chi connectivity index (χ3v) is 5.54. The number of carbonyl (C=O) groups is 1. The summed E-state index contributed by atoms with van der Waals surface area (Å²) in [5.74, 6) is 1.01. The lowest BCUT2D eigenvalue weighted by molar-refractivity contribution is -0.384. The maximum absolute atomic E-state index is 13.2. The van der Waals surface area contributed by atoms with Crippen molar-refractivity contribution in [3.05, 3.63) is 92.0 Å². The van der Waals surface area contributed by atoms with E-state index in [-0.39, 0.29) is 27.8 Å². The zero-order chi connectivity index (χ0) is 25.3. The molecule has 3 aromatic carbocycles. The van der Waals surface area contributed by atoms with Crippen molar-refractivity contribution in [2.45, 2.75) is 13.8 Å². The Morgan fingerprint density at radius 1 is 0.857 bits per heavy atom. The van der Waals surface area contributed by atoms with Gasteiger partial charge in [-0.3, -0.25) is 14.9 Å². The molecule has 0 unspecified atom stereocenters. The number of nitro benzene ring substituents is 1. The smallest absolute Gasteiger partial charge is 0.343 e. The van der Waals surface area contributed by atoms with Gasteiger partial charge in [-0.05, 0) is 55.3 Å². The van der Waals surface area contributed by atoms with Crippen molar-refractivity contribution in [2.24, 2.45) is 0 Å². The fourth-order valence-corrected chi connectivity index (χ4v) is 3.91. The number of aryl methyl sites for hydroxylation is 2. The molecular weight excluding hydrogens is 454 g/mol. The van der Waals surface area contributed by atoms with Crippen LogP contribution >= 0.6 is 0 Å². The minimum atomic E-state index is -0.815. The van der Waals surface area contributed by atoms with Crippen LogP contribution in [-0.2, 0) is 0 Å². The molecule has 1 aromatic heterocycles. The molecule has 178 valence electrons. The van der Waals surface area contributed by atoms with Crippen molar-refractivity contribution >= 4 is 22.4 Å². The van der Waals surface area contributed by atoms with Crippen molar-refractivity contribution < 1.29 is 28.3 Å². The predicted octanol–water partition coefficient (Wildman–Crippen LogP) is 5.22. The van der Waals surface area contributed by atoms with Gasteiger partial charge in [0.05, 0.1) is 35.5 Å². The Kier molecular flexibility index (Phi) is 6.24. The van der Waals surface area contributed by atoms with Gasteiger partial charge in [-0.1, -0.05) is 12.1 Å². The first-order chi connectivity index (χ1) is 16.7. The first kappa shape index (κ1) is 23.5. The zero-order valence-electron chi connectivity index (χ0n) is 19.4. The van der Waals surface area contributed by atoms with E-state index >= 15 is 0 Å². The largest absolute Gasteiger partial charge is 0.493 e. The third kappa shape index (κ3) is 4.43. The van der Waals surface area contributed by atoms with Crippen LogP contribution in [0.25, 0.3) is 21.9 Å². The number of fused-ring (bicyclic) bond motifs is 1. The van der Waals surface area contributed by atoms with E-state index in [1.165, 1.54) is 38.5 Å². The number of hydrogen-bond donors (Lipinski definition) is 0. The van der Waals surface area contributed by atoms with Crippen LogP contribution in [0.3, 0.4) is 0 Å². The number of hydrogen-bond acceptors (Lipinski definition) is 8. The molecule has 0 saturated carbocycles. The highest BCUT2D eigenvalue weighted by molar-refractivity contribution is 5.98. The van der Waals surface area contributed by atoms with E-state index in [4.69, 9.17) is 18.6 Å². The highest BCUT2D eigenvalue weighted by Gasteiger charge is 2.20. The molecule has 0 aliphatic rings. The number of furan rings is 1. The first-order valence-corrected chi connectivity index (χ1v) is 10.5. The monoisotopic (exact) mass is 475 g/mol. The SMILES string of the molecule is COc1ccc(-c2cc(OC(=O)c3cccc([N+](=O)[O-])c3)c3c(C)oc(C)c3c(=O)c2)cc1OC. The standard InChI is InChI=1S/C26H21NO8/c1-14-24-20(28)11-18(16-8-9-21(32-3)22(12-16)33-4)13-23(25(24)15(2)34-14)35-26(29)17-6-5-7-19(10-17)27(30)31/h5-13H,1-4H3. The summed E-state index contributed by atoms with van der Waals surface area (Å²) in [5.41, 5.74) is 0.514. The minimum Gasteiger partial charge on any atom is -0.493 e. The molecule has 35 heavy (non-hydrogen) atoms.